The van der Waals surface area contributed by atoms with E-state index >= 15 is 13.2 Å². The smallest absolute Gasteiger partial charge is 0.259 e. The van der Waals surface area contributed by atoms with Gasteiger partial charge in [0.15, 0.2) is 0 Å². The van der Waals surface area contributed by atoms with Gasteiger partial charge in [0.25, 0.3) is 5.66 Å². The maximum absolute atomic E-state index is 15.3. The zero-order chi connectivity index (χ0) is 25.7. The van der Waals surface area contributed by atoms with E-state index in [1.54, 1.807) is 0 Å². The first kappa shape index (κ1) is 25.4. The summed E-state index contributed by atoms with van der Waals surface area (Å²) in [7, 11) is 0. The van der Waals surface area contributed by atoms with E-state index in [-0.39, 0.29) is 41.3 Å². The summed E-state index contributed by atoms with van der Waals surface area (Å²) >= 11 is 23.9. The van der Waals surface area contributed by atoms with Crippen LogP contribution in [-0.2, 0) is 5.66 Å². The Balaban J connectivity index is 2.15. The van der Waals surface area contributed by atoms with Crippen LogP contribution in [0.15, 0.2) is 60.7 Å². The van der Waals surface area contributed by atoms with Crippen molar-refractivity contribution in [3.05, 3.63) is 92.1 Å². The number of urea groups is 2. The molecule has 0 bridgehead atoms. The van der Waals surface area contributed by atoms with Crippen molar-refractivity contribution < 1.29 is 27.2 Å². The minimum atomic E-state index is -5.40. The molecule has 1 aliphatic rings. The number of halogens is 8. The Hall–Kier alpha value is -2.72. The summed E-state index contributed by atoms with van der Waals surface area (Å²) in [5, 5.41) is 1.58. The average Bonchev–Trinajstić information content (AvgIpc) is 2.76. The summed E-state index contributed by atoms with van der Waals surface area (Å²) < 4.78 is 60.3. The van der Waals surface area contributed by atoms with E-state index in [2.05, 4.69) is 0 Å². The van der Waals surface area contributed by atoms with Crippen molar-refractivity contribution in [1.82, 2.24) is 5.32 Å². The molecule has 0 atom stereocenters. The first-order valence-electron chi connectivity index (χ1n) is 9.56. The average molecular weight is 567 g/mol. The van der Waals surface area contributed by atoms with Crippen LogP contribution < -0.4 is 15.1 Å². The molecular formula is C22H11Cl4F4N3O2. The van der Waals surface area contributed by atoms with Crippen LogP contribution in [0.4, 0.5) is 38.5 Å². The van der Waals surface area contributed by atoms with Crippen LogP contribution in [0, 0.1) is 5.82 Å². The number of anilines is 2. The molecule has 1 saturated heterocycles. The van der Waals surface area contributed by atoms with Gasteiger partial charge in [-0.1, -0.05) is 58.5 Å². The highest BCUT2D eigenvalue weighted by atomic mass is 35.5. The number of amides is 4. The highest BCUT2D eigenvalue weighted by Gasteiger charge is 2.69. The maximum Gasteiger partial charge on any atom is 0.436 e. The van der Waals surface area contributed by atoms with Crippen molar-refractivity contribution in [1.29, 1.82) is 0 Å². The van der Waals surface area contributed by atoms with Gasteiger partial charge >= 0.3 is 18.2 Å². The molecule has 1 fully saturated rings. The molecule has 1 N–H and O–H groups in total. The van der Waals surface area contributed by atoms with Crippen LogP contribution in [-0.4, -0.2) is 18.2 Å². The van der Waals surface area contributed by atoms with Gasteiger partial charge < -0.3 is 0 Å². The van der Waals surface area contributed by atoms with Crippen LogP contribution in [0.3, 0.4) is 0 Å². The van der Waals surface area contributed by atoms with Gasteiger partial charge in [0.2, 0.25) is 0 Å². The molecule has 0 aromatic heterocycles. The normalized spacial score (nSPS) is 15.9. The Bertz CT molecular complexity index is 1280. The van der Waals surface area contributed by atoms with Crippen molar-refractivity contribution in [2.45, 2.75) is 11.8 Å². The van der Waals surface area contributed by atoms with Crippen LogP contribution in [0.5, 0.6) is 0 Å². The molecule has 182 valence electrons. The standard InChI is InChI=1S/C22H11Cl4F4N3O2/c23-15-6-4-13(9-17(15)25)32-19(34)31-20(35)33(14-5-7-16(24)18(26)10-14)21(32,22(28,29)30)11-2-1-3-12(27)8-11/h1-10H,(H,31,34,35). The third-order valence-electron chi connectivity index (χ3n) is 5.21. The second kappa shape index (κ2) is 9.05. The number of nitrogens with zero attached hydrogens (tertiary/aromatic N) is 2. The van der Waals surface area contributed by atoms with Crippen LogP contribution in [0.2, 0.25) is 20.1 Å². The SMILES string of the molecule is O=C1NC(=O)N(c2ccc(Cl)c(Cl)c2)C(c2cccc(F)c2)(C(F)(F)F)N1c1ccc(Cl)c(Cl)c1. The summed E-state index contributed by atoms with van der Waals surface area (Å²) in [5.74, 6) is -1.03. The number of alkyl halides is 3. The van der Waals surface area contributed by atoms with Gasteiger partial charge in [0, 0.05) is 5.56 Å². The Morgan fingerprint density at radius 2 is 1.20 bits per heavy atom. The zero-order valence-electron chi connectivity index (χ0n) is 17.0. The first-order valence-corrected chi connectivity index (χ1v) is 11.1. The number of carbonyl (C=O) groups is 2. The molecule has 0 spiro atoms. The highest BCUT2D eigenvalue weighted by Crippen LogP contribution is 2.52. The fourth-order valence-corrected chi connectivity index (χ4v) is 4.42. The lowest BCUT2D eigenvalue weighted by atomic mass is 9.91. The molecule has 1 aliphatic heterocycles. The number of hydrogen-bond acceptors (Lipinski definition) is 2. The third-order valence-corrected chi connectivity index (χ3v) is 6.69. The monoisotopic (exact) mass is 565 g/mol. The first-order chi connectivity index (χ1) is 16.4. The predicted molar refractivity (Wildman–Crippen MR) is 126 cm³/mol. The number of hydrogen-bond donors (Lipinski definition) is 1. The second-order valence-corrected chi connectivity index (χ2v) is 8.91. The Morgan fingerprint density at radius 1 is 0.714 bits per heavy atom. The summed E-state index contributed by atoms with van der Waals surface area (Å²) in [6, 6.07) is 7.20. The minimum Gasteiger partial charge on any atom is -0.259 e. The number of imide groups is 1. The highest BCUT2D eigenvalue weighted by molar-refractivity contribution is 6.42. The largest absolute Gasteiger partial charge is 0.436 e. The van der Waals surface area contributed by atoms with Crippen molar-refractivity contribution in [2.75, 3.05) is 9.80 Å². The van der Waals surface area contributed by atoms with E-state index < -0.39 is 35.3 Å². The van der Waals surface area contributed by atoms with Gasteiger partial charge in [-0.3, -0.25) is 15.1 Å². The van der Waals surface area contributed by atoms with Crippen LogP contribution >= 0.6 is 46.4 Å². The van der Waals surface area contributed by atoms with Crippen molar-refractivity contribution >= 4 is 69.8 Å². The predicted octanol–water partition coefficient (Wildman–Crippen LogP) is 8.01. The number of nitrogens with one attached hydrogen (secondary N) is 1. The van der Waals surface area contributed by atoms with E-state index in [9.17, 15) is 14.0 Å². The van der Waals surface area contributed by atoms with Crippen molar-refractivity contribution in [2.24, 2.45) is 0 Å². The van der Waals surface area contributed by atoms with E-state index in [0.29, 0.717) is 6.07 Å². The van der Waals surface area contributed by atoms with Gasteiger partial charge in [0.05, 0.1) is 31.5 Å². The van der Waals surface area contributed by atoms with Gasteiger partial charge in [-0.05, 0) is 48.5 Å². The molecule has 0 saturated carbocycles. The molecule has 5 nitrogen and oxygen atoms in total. The summed E-state index contributed by atoms with van der Waals surface area (Å²) in [6.45, 7) is 0. The summed E-state index contributed by atoms with van der Waals surface area (Å²) in [6.07, 6.45) is -5.40. The molecule has 13 heteroatoms. The lowest BCUT2D eigenvalue weighted by molar-refractivity contribution is -0.187. The zero-order valence-corrected chi connectivity index (χ0v) is 20.0. The summed E-state index contributed by atoms with van der Waals surface area (Å²) in [4.78, 5) is 26.7. The van der Waals surface area contributed by atoms with Gasteiger partial charge in [-0.2, -0.15) is 13.2 Å². The lowest BCUT2D eigenvalue weighted by Gasteiger charge is -2.53. The molecule has 4 amide bonds. The van der Waals surface area contributed by atoms with E-state index in [4.69, 9.17) is 46.4 Å². The molecule has 3 aromatic rings. The third kappa shape index (κ3) is 4.16. The molecule has 0 radical (unpaired) electrons. The molecule has 3 aromatic carbocycles. The lowest BCUT2D eigenvalue weighted by Crippen LogP contribution is -2.77. The topological polar surface area (TPSA) is 52.7 Å². The minimum absolute atomic E-state index is 0.00798. The Kier molecular flexibility index (Phi) is 6.56. The fraction of sp³-hybridized carbons (Fsp3) is 0.0909. The van der Waals surface area contributed by atoms with Gasteiger partial charge in [-0.15, -0.1) is 0 Å². The second-order valence-electron chi connectivity index (χ2n) is 7.28. The molecule has 35 heavy (non-hydrogen) atoms. The molecular weight excluding hydrogens is 556 g/mol. The number of benzene rings is 3. The van der Waals surface area contributed by atoms with Crippen LogP contribution in [0.25, 0.3) is 0 Å². The molecule has 4 rings (SSSR count). The van der Waals surface area contributed by atoms with Gasteiger partial charge in [-0.25, -0.2) is 14.0 Å². The Morgan fingerprint density at radius 3 is 1.60 bits per heavy atom. The van der Waals surface area contributed by atoms with Crippen molar-refractivity contribution in [3.8, 4) is 0 Å². The van der Waals surface area contributed by atoms with E-state index in [0.717, 1.165) is 42.5 Å². The molecule has 1 heterocycles. The maximum atomic E-state index is 15.3. The number of rotatable bonds is 3. The van der Waals surface area contributed by atoms with Crippen LogP contribution in [0.1, 0.15) is 5.56 Å². The van der Waals surface area contributed by atoms with Gasteiger partial charge in [0.1, 0.15) is 5.82 Å². The molecule has 0 unspecified atom stereocenters. The summed E-state index contributed by atoms with van der Waals surface area (Å²) in [5.41, 5.74) is -5.11. The van der Waals surface area contributed by atoms with E-state index in [1.807, 2.05) is 5.32 Å². The fourth-order valence-electron chi connectivity index (χ4n) is 3.83. The Labute approximate surface area is 215 Å². The quantitative estimate of drug-likeness (QED) is 0.326. The molecule has 0 aliphatic carbocycles. The number of carbonyl (C=O) groups excluding carboxylic acids is 2. The van der Waals surface area contributed by atoms with E-state index in [1.165, 1.54) is 12.1 Å². The van der Waals surface area contributed by atoms with Crippen molar-refractivity contribution in [3.63, 3.8) is 0 Å².